The molecule has 0 radical (unpaired) electrons. The quantitative estimate of drug-likeness (QED) is 0.524. The molecule has 2 aromatic heterocycles. The molecule has 106 valence electrons. The zero-order valence-electron chi connectivity index (χ0n) is 11.8. The predicted molar refractivity (Wildman–Crippen MR) is 86.0 cm³/mol. The normalized spacial score (nSPS) is 11.1. The highest BCUT2D eigenvalue weighted by Crippen LogP contribution is 2.22. The molecular formula is C19H13NO2. The Bertz CT molecular complexity index is 946. The van der Waals surface area contributed by atoms with Crippen LogP contribution in [-0.4, -0.2) is 10.8 Å². The van der Waals surface area contributed by atoms with Crippen LogP contribution in [0.5, 0.6) is 0 Å². The lowest BCUT2D eigenvalue weighted by Crippen LogP contribution is -2.03. The topological polar surface area (TPSA) is 43.1 Å². The number of para-hydroxylation sites is 2. The standard InChI is InChI=1S/C19H13NO2/c21-16(18-12-14-5-1-2-9-17(14)22-18)11-15-7-3-6-13-8-4-10-20-19(13)15/h1-10,12H,11H2. The van der Waals surface area contributed by atoms with E-state index in [1.54, 1.807) is 12.3 Å². The van der Waals surface area contributed by atoms with Crippen LogP contribution in [0.3, 0.4) is 0 Å². The highest BCUT2D eigenvalue weighted by Gasteiger charge is 2.14. The summed E-state index contributed by atoms with van der Waals surface area (Å²) in [5.41, 5.74) is 2.53. The van der Waals surface area contributed by atoms with Gasteiger partial charge in [0, 0.05) is 23.4 Å². The van der Waals surface area contributed by atoms with Crippen LogP contribution in [0.4, 0.5) is 0 Å². The monoisotopic (exact) mass is 287 g/mol. The summed E-state index contributed by atoms with van der Waals surface area (Å²) in [5, 5.41) is 1.99. The van der Waals surface area contributed by atoms with Gasteiger partial charge < -0.3 is 4.42 Å². The molecule has 0 aliphatic heterocycles. The number of rotatable bonds is 3. The molecule has 0 aliphatic rings. The number of aromatic nitrogens is 1. The lowest BCUT2D eigenvalue weighted by atomic mass is 10.0. The van der Waals surface area contributed by atoms with Gasteiger partial charge in [-0.2, -0.15) is 0 Å². The van der Waals surface area contributed by atoms with E-state index in [1.807, 2.05) is 54.6 Å². The molecule has 3 heteroatoms. The Hall–Kier alpha value is -2.94. The van der Waals surface area contributed by atoms with Crippen molar-refractivity contribution in [1.29, 1.82) is 0 Å². The Kier molecular flexibility index (Phi) is 2.97. The van der Waals surface area contributed by atoms with Gasteiger partial charge in [0.1, 0.15) is 5.58 Å². The van der Waals surface area contributed by atoms with Crippen molar-refractivity contribution < 1.29 is 9.21 Å². The van der Waals surface area contributed by atoms with E-state index in [2.05, 4.69) is 4.98 Å². The highest BCUT2D eigenvalue weighted by molar-refractivity contribution is 6.00. The van der Waals surface area contributed by atoms with Gasteiger partial charge in [0.2, 0.25) is 5.78 Å². The van der Waals surface area contributed by atoms with Crippen molar-refractivity contribution in [3.05, 3.63) is 78.2 Å². The average molecular weight is 287 g/mol. The minimum absolute atomic E-state index is 0.0330. The van der Waals surface area contributed by atoms with Gasteiger partial charge >= 0.3 is 0 Å². The van der Waals surface area contributed by atoms with Gasteiger partial charge in [-0.15, -0.1) is 0 Å². The fraction of sp³-hybridized carbons (Fsp3) is 0.0526. The molecule has 0 spiro atoms. The number of pyridine rings is 1. The molecule has 2 aromatic carbocycles. The lowest BCUT2D eigenvalue weighted by molar-refractivity contribution is 0.0969. The number of carbonyl (C=O) groups is 1. The summed E-state index contributed by atoms with van der Waals surface area (Å²) in [7, 11) is 0. The fourth-order valence-electron chi connectivity index (χ4n) is 2.69. The van der Waals surface area contributed by atoms with Gasteiger partial charge in [0.15, 0.2) is 5.76 Å². The first-order chi connectivity index (χ1) is 10.8. The first-order valence-corrected chi connectivity index (χ1v) is 7.16. The van der Waals surface area contributed by atoms with Crippen LogP contribution in [-0.2, 0) is 6.42 Å². The van der Waals surface area contributed by atoms with Gasteiger partial charge in [0.05, 0.1) is 5.52 Å². The second kappa shape index (κ2) is 5.11. The zero-order valence-corrected chi connectivity index (χ0v) is 11.8. The number of carbonyl (C=O) groups excluding carboxylic acids is 1. The van der Waals surface area contributed by atoms with E-state index in [9.17, 15) is 4.79 Å². The SMILES string of the molecule is O=C(Cc1cccc2cccnc12)c1cc2ccccc2o1. The number of ketones is 1. The van der Waals surface area contributed by atoms with Crippen LogP contribution in [0.15, 0.2) is 71.3 Å². The third-order valence-electron chi connectivity index (χ3n) is 3.77. The van der Waals surface area contributed by atoms with Crippen LogP contribution < -0.4 is 0 Å². The highest BCUT2D eigenvalue weighted by atomic mass is 16.3. The second-order valence-electron chi connectivity index (χ2n) is 5.24. The molecule has 0 unspecified atom stereocenters. The van der Waals surface area contributed by atoms with Gasteiger partial charge in [-0.05, 0) is 23.8 Å². The Balaban J connectivity index is 1.71. The van der Waals surface area contributed by atoms with E-state index < -0.39 is 0 Å². The van der Waals surface area contributed by atoms with Crippen molar-refractivity contribution in [1.82, 2.24) is 4.98 Å². The third kappa shape index (κ3) is 2.17. The summed E-state index contributed by atoms with van der Waals surface area (Å²) in [6.07, 6.45) is 2.03. The Morgan fingerprint density at radius 3 is 2.68 bits per heavy atom. The molecule has 0 saturated heterocycles. The number of Topliss-reactive ketones (excluding diaryl/α,β-unsaturated/α-hetero) is 1. The first kappa shape index (κ1) is 12.8. The summed E-state index contributed by atoms with van der Waals surface area (Å²) in [6, 6.07) is 19.2. The number of fused-ring (bicyclic) bond motifs is 2. The minimum atomic E-state index is -0.0330. The van der Waals surface area contributed by atoms with Gasteiger partial charge in [-0.1, -0.05) is 42.5 Å². The maximum atomic E-state index is 12.5. The van der Waals surface area contributed by atoms with E-state index in [0.29, 0.717) is 5.76 Å². The maximum Gasteiger partial charge on any atom is 0.202 e. The molecule has 4 aromatic rings. The van der Waals surface area contributed by atoms with Crippen LogP contribution in [0.25, 0.3) is 21.9 Å². The molecule has 2 heterocycles. The van der Waals surface area contributed by atoms with Crippen molar-refractivity contribution in [3.63, 3.8) is 0 Å². The Labute approximate surface area is 127 Å². The lowest BCUT2D eigenvalue weighted by Gasteiger charge is -2.03. The van der Waals surface area contributed by atoms with E-state index >= 15 is 0 Å². The summed E-state index contributed by atoms with van der Waals surface area (Å²) >= 11 is 0. The Morgan fingerprint density at radius 1 is 0.955 bits per heavy atom. The van der Waals surface area contributed by atoms with Crippen molar-refractivity contribution in [2.45, 2.75) is 6.42 Å². The molecular weight excluding hydrogens is 274 g/mol. The molecule has 0 N–H and O–H groups in total. The van der Waals surface area contributed by atoms with Crippen molar-refractivity contribution in [3.8, 4) is 0 Å². The number of hydrogen-bond donors (Lipinski definition) is 0. The van der Waals surface area contributed by atoms with Crippen LogP contribution in [0.1, 0.15) is 16.1 Å². The largest absolute Gasteiger partial charge is 0.453 e. The molecule has 0 bridgehead atoms. The van der Waals surface area contributed by atoms with Crippen molar-refractivity contribution in [2.24, 2.45) is 0 Å². The molecule has 0 aliphatic carbocycles. The molecule has 0 atom stereocenters. The first-order valence-electron chi connectivity index (χ1n) is 7.16. The van der Waals surface area contributed by atoms with Crippen molar-refractivity contribution >= 4 is 27.7 Å². The second-order valence-corrected chi connectivity index (χ2v) is 5.24. The van der Waals surface area contributed by atoms with Gasteiger partial charge in [-0.3, -0.25) is 9.78 Å². The molecule has 4 rings (SSSR count). The van der Waals surface area contributed by atoms with Gasteiger partial charge in [0.25, 0.3) is 0 Å². The Morgan fingerprint density at radius 2 is 1.77 bits per heavy atom. The zero-order chi connectivity index (χ0) is 14.9. The minimum Gasteiger partial charge on any atom is -0.453 e. The summed E-state index contributed by atoms with van der Waals surface area (Å²) in [5.74, 6) is 0.364. The molecule has 22 heavy (non-hydrogen) atoms. The van der Waals surface area contributed by atoms with E-state index in [4.69, 9.17) is 4.42 Å². The number of benzene rings is 2. The third-order valence-corrected chi connectivity index (χ3v) is 3.77. The fourth-order valence-corrected chi connectivity index (χ4v) is 2.69. The number of furan rings is 1. The number of hydrogen-bond acceptors (Lipinski definition) is 3. The maximum absolute atomic E-state index is 12.5. The van der Waals surface area contributed by atoms with Crippen LogP contribution in [0, 0.1) is 0 Å². The van der Waals surface area contributed by atoms with E-state index in [1.165, 1.54) is 0 Å². The van der Waals surface area contributed by atoms with E-state index in [0.717, 1.165) is 27.4 Å². The van der Waals surface area contributed by atoms with Crippen LogP contribution in [0.2, 0.25) is 0 Å². The van der Waals surface area contributed by atoms with Gasteiger partial charge in [-0.25, -0.2) is 0 Å². The summed E-state index contributed by atoms with van der Waals surface area (Å²) in [6.45, 7) is 0. The number of nitrogens with zero attached hydrogens (tertiary/aromatic N) is 1. The molecule has 0 amide bonds. The summed E-state index contributed by atoms with van der Waals surface area (Å²) in [4.78, 5) is 16.9. The van der Waals surface area contributed by atoms with E-state index in [-0.39, 0.29) is 12.2 Å². The smallest absolute Gasteiger partial charge is 0.202 e. The molecule has 0 saturated carbocycles. The average Bonchev–Trinajstić information content (AvgIpc) is 2.99. The molecule has 0 fully saturated rings. The molecule has 3 nitrogen and oxygen atoms in total. The van der Waals surface area contributed by atoms with Crippen LogP contribution >= 0.6 is 0 Å². The summed E-state index contributed by atoms with van der Waals surface area (Å²) < 4.78 is 5.64. The van der Waals surface area contributed by atoms with Crippen molar-refractivity contribution in [2.75, 3.05) is 0 Å². The predicted octanol–water partition coefficient (Wildman–Crippen LogP) is 4.41.